The van der Waals surface area contributed by atoms with E-state index in [9.17, 15) is 31.6 Å². The molecule has 0 fully saturated rings. The first kappa shape index (κ1) is 21.7. The number of rotatable bonds is 5. The molecule has 1 aromatic carbocycles. The number of benzene rings is 1. The fourth-order valence-electron chi connectivity index (χ4n) is 3.03. The average Bonchev–Trinajstić information content (AvgIpc) is 2.93. The Morgan fingerprint density at radius 1 is 1.10 bits per heavy atom. The molecule has 2 aromatic rings. The fraction of sp³-hybridized carbons (Fsp3) is 0.421. The molecule has 0 radical (unpaired) electrons. The molecule has 0 saturated heterocycles. The maximum atomic E-state index is 13.4. The van der Waals surface area contributed by atoms with Crippen LogP contribution in [0.3, 0.4) is 0 Å². The zero-order valence-corrected chi connectivity index (χ0v) is 15.5. The van der Waals surface area contributed by atoms with Gasteiger partial charge in [0.2, 0.25) is 0 Å². The van der Waals surface area contributed by atoms with Gasteiger partial charge in [0.15, 0.2) is 5.82 Å². The lowest BCUT2D eigenvalue weighted by atomic mass is 10.1. The van der Waals surface area contributed by atoms with Crippen molar-refractivity contribution in [2.24, 2.45) is 0 Å². The van der Waals surface area contributed by atoms with Crippen LogP contribution in [0, 0.1) is 11.3 Å². The van der Waals surface area contributed by atoms with Crippen molar-refractivity contribution in [1.29, 1.82) is 5.26 Å². The molecule has 1 aromatic heterocycles. The number of halogens is 6. The van der Waals surface area contributed by atoms with Crippen LogP contribution in [-0.4, -0.2) is 33.2 Å². The summed E-state index contributed by atoms with van der Waals surface area (Å²) in [6.07, 6.45) is -10.2. The molecule has 0 spiro atoms. The van der Waals surface area contributed by atoms with E-state index in [2.05, 4.69) is 14.9 Å². The first-order valence-corrected chi connectivity index (χ1v) is 9.04. The quantitative estimate of drug-likeness (QED) is 0.498. The molecule has 0 N–H and O–H groups in total. The van der Waals surface area contributed by atoms with Crippen LogP contribution < -0.4 is 4.74 Å². The number of hydrogen-bond donors (Lipinski definition) is 0. The summed E-state index contributed by atoms with van der Waals surface area (Å²) in [6, 6.07) is 6.45. The highest BCUT2D eigenvalue weighted by molar-refractivity contribution is 5.87. The van der Waals surface area contributed by atoms with Crippen LogP contribution >= 0.6 is 0 Å². The minimum absolute atomic E-state index is 0.190. The lowest BCUT2D eigenvalue weighted by Gasteiger charge is -2.23. The summed E-state index contributed by atoms with van der Waals surface area (Å²) in [5.74, 6) is 0.505. The van der Waals surface area contributed by atoms with Gasteiger partial charge >= 0.3 is 12.3 Å². The Morgan fingerprint density at radius 3 is 2.43 bits per heavy atom. The smallest absolute Gasteiger partial charge is 0.430 e. The topological polar surface area (TPSA) is 63.7 Å². The maximum Gasteiger partial charge on any atom is 0.439 e. The molecule has 1 aliphatic heterocycles. The standard InChI is InChI=1S/C19H16F6N4O/c20-17(18(21,22)23)19(24,25)30-14-7-5-12(6-8-14)10-13(11-26)16-28-27-15-4-2-1-3-9-29(15)16/h5-8,10,17H,1-4,9H2/b13-10-. The zero-order valence-electron chi connectivity index (χ0n) is 15.5. The molecular weight excluding hydrogens is 414 g/mol. The van der Waals surface area contributed by atoms with Gasteiger partial charge in [-0.15, -0.1) is 10.2 Å². The molecule has 5 nitrogen and oxygen atoms in total. The predicted molar refractivity (Wildman–Crippen MR) is 94.0 cm³/mol. The summed E-state index contributed by atoms with van der Waals surface area (Å²) in [4.78, 5) is 0. The second-order valence-electron chi connectivity index (χ2n) is 6.71. The molecule has 160 valence electrons. The molecule has 2 heterocycles. The van der Waals surface area contributed by atoms with E-state index in [1.54, 1.807) is 0 Å². The molecule has 0 aliphatic carbocycles. The molecule has 3 rings (SSSR count). The van der Waals surface area contributed by atoms with Crippen molar-refractivity contribution < 1.29 is 31.1 Å². The van der Waals surface area contributed by atoms with Gasteiger partial charge < -0.3 is 9.30 Å². The lowest BCUT2D eigenvalue weighted by molar-refractivity contribution is -0.304. The number of hydrogen-bond acceptors (Lipinski definition) is 4. The van der Waals surface area contributed by atoms with E-state index < -0.39 is 24.2 Å². The van der Waals surface area contributed by atoms with Crippen molar-refractivity contribution in [3.05, 3.63) is 41.5 Å². The van der Waals surface area contributed by atoms with E-state index in [1.807, 2.05) is 10.6 Å². The minimum atomic E-state index is -5.76. The van der Waals surface area contributed by atoms with Gasteiger partial charge in [-0.05, 0) is 36.6 Å². The highest BCUT2D eigenvalue weighted by Gasteiger charge is 2.59. The molecule has 1 atom stereocenters. The van der Waals surface area contributed by atoms with Gasteiger partial charge in [0, 0.05) is 13.0 Å². The highest BCUT2D eigenvalue weighted by atomic mass is 19.4. The largest absolute Gasteiger partial charge is 0.439 e. The average molecular weight is 430 g/mol. The Balaban J connectivity index is 1.80. The van der Waals surface area contributed by atoms with E-state index in [1.165, 1.54) is 18.2 Å². The minimum Gasteiger partial charge on any atom is -0.430 e. The van der Waals surface area contributed by atoms with E-state index in [0.29, 0.717) is 17.9 Å². The van der Waals surface area contributed by atoms with E-state index in [-0.39, 0.29) is 5.57 Å². The number of aromatic nitrogens is 3. The third-order valence-electron chi connectivity index (χ3n) is 4.50. The number of aryl methyl sites for hydroxylation is 1. The number of fused-ring (bicyclic) bond motifs is 1. The first-order chi connectivity index (χ1) is 14.1. The van der Waals surface area contributed by atoms with Gasteiger partial charge in [-0.25, -0.2) is 4.39 Å². The Kier molecular flexibility index (Phi) is 6.05. The van der Waals surface area contributed by atoms with Crippen LogP contribution in [0.5, 0.6) is 5.75 Å². The summed E-state index contributed by atoms with van der Waals surface area (Å²) in [5, 5.41) is 17.7. The number of alkyl halides is 6. The second kappa shape index (κ2) is 8.38. The van der Waals surface area contributed by atoms with E-state index in [0.717, 1.165) is 43.6 Å². The number of ether oxygens (including phenoxy) is 1. The van der Waals surface area contributed by atoms with Gasteiger partial charge in [-0.2, -0.15) is 27.2 Å². The summed E-state index contributed by atoms with van der Waals surface area (Å²) in [5.41, 5.74) is 0.580. The molecule has 0 amide bonds. The Labute approximate surface area is 167 Å². The molecule has 0 bridgehead atoms. The molecule has 30 heavy (non-hydrogen) atoms. The van der Waals surface area contributed by atoms with Crippen molar-refractivity contribution in [2.75, 3.05) is 0 Å². The summed E-state index contributed by atoms with van der Waals surface area (Å²) in [6.45, 7) is 0.669. The summed E-state index contributed by atoms with van der Waals surface area (Å²) >= 11 is 0. The van der Waals surface area contributed by atoms with Crippen molar-refractivity contribution in [1.82, 2.24) is 14.8 Å². The van der Waals surface area contributed by atoms with Crippen LogP contribution in [0.4, 0.5) is 26.3 Å². The number of allylic oxidation sites excluding steroid dienone is 1. The second-order valence-corrected chi connectivity index (χ2v) is 6.71. The lowest BCUT2D eigenvalue weighted by Crippen LogP contribution is -2.45. The van der Waals surface area contributed by atoms with Crippen LogP contribution in [0.1, 0.15) is 36.5 Å². The number of nitriles is 1. The third kappa shape index (κ3) is 4.75. The Morgan fingerprint density at radius 2 is 1.80 bits per heavy atom. The predicted octanol–water partition coefficient (Wildman–Crippen LogP) is 4.94. The van der Waals surface area contributed by atoms with Crippen LogP contribution in [0.2, 0.25) is 0 Å². The molecular formula is C19H16F6N4O. The molecule has 0 saturated carbocycles. The summed E-state index contributed by atoms with van der Waals surface area (Å²) in [7, 11) is 0. The van der Waals surface area contributed by atoms with Gasteiger partial charge in [-0.1, -0.05) is 18.6 Å². The summed E-state index contributed by atoms with van der Waals surface area (Å²) < 4.78 is 82.0. The van der Waals surface area contributed by atoms with Crippen LogP contribution in [0.15, 0.2) is 24.3 Å². The monoisotopic (exact) mass is 430 g/mol. The van der Waals surface area contributed by atoms with Gasteiger partial charge in [0.05, 0.1) is 5.57 Å². The molecule has 1 aliphatic rings. The maximum absolute atomic E-state index is 13.4. The van der Waals surface area contributed by atoms with Crippen LogP contribution in [-0.2, 0) is 13.0 Å². The van der Waals surface area contributed by atoms with Crippen LogP contribution in [0.25, 0.3) is 11.6 Å². The number of nitrogens with zero attached hydrogens (tertiary/aromatic N) is 4. The first-order valence-electron chi connectivity index (χ1n) is 9.04. The SMILES string of the molecule is N#C/C(=C/c1ccc(OC(F)(F)C(F)C(F)(F)F)cc1)c1nnc2n1CCCCC2. The zero-order chi connectivity index (χ0) is 21.9. The van der Waals surface area contributed by atoms with Gasteiger partial charge in [0.25, 0.3) is 6.17 Å². The van der Waals surface area contributed by atoms with Gasteiger partial charge in [-0.3, -0.25) is 0 Å². The van der Waals surface area contributed by atoms with E-state index >= 15 is 0 Å². The van der Waals surface area contributed by atoms with Crippen molar-refractivity contribution in [2.45, 2.75) is 50.7 Å². The van der Waals surface area contributed by atoms with E-state index in [4.69, 9.17) is 0 Å². The highest BCUT2D eigenvalue weighted by Crippen LogP contribution is 2.36. The molecule has 11 heteroatoms. The van der Waals surface area contributed by atoms with Crippen molar-refractivity contribution in [3.8, 4) is 11.8 Å². The Hall–Kier alpha value is -3.03. The fourth-order valence-corrected chi connectivity index (χ4v) is 3.03. The van der Waals surface area contributed by atoms with Crippen molar-refractivity contribution in [3.63, 3.8) is 0 Å². The third-order valence-corrected chi connectivity index (χ3v) is 4.50. The van der Waals surface area contributed by atoms with Crippen molar-refractivity contribution >= 4 is 11.6 Å². The normalized spacial score (nSPS) is 16.4. The van der Waals surface area contributed by atoms with Gasteiger partial charge in [0.1, 0.15) is 17.6 Å². The molecule has 1 unspecified atom stereocenters. The Bertz CT molecular complexity index is 959.